The van der Waals surface area contributed by atoms with E-state index in [1.807, 2.05) is 0 Å². The molecule has 0 heterocycles. The predicted octanol–water partition coefficient (Wildman–Crippen LogP) is 4.62. The SMILES string of the molecule is CC(C)C(=O)O[C@@H](C)CC(N)(Cc1ccc(OC(=O)OC(C)(C)C)c(OC(=O)OC(C)(C)C)c1)C(=O)O. The minimum absolute atomic E-state index is 0.152. The van der Waals surface area contributed by atoms with Crippen LogP contribution in [0, 0.1) is 5.92 Å². The van der Waals surface area contributed by atoms with Gasteiger partial charge in [-0.25, -0.2) is 9.59 Å². The number of carbonyl (C=O) groups excluding carboxylic acids is 3. The molecule has 3 N–H and O–H groups in total. The van der Waals surface area contributed by atoms with Gasteiger partial charge in [-0.05, 0) is 66.2 Å². The Morgan fingerprint density at radius 3 is 1.78 bits per heavy atom. The van der Waals surface area contributed by atoms with Gasteiger partial charge >= 0.3 is 24.2 Å². The fraction of sp³-hybridized carbons (Fsp3) is 0.615. The monoisotopic (exact) mass is 525 g/mol. The van der Waals surface area contributed by atoms with Crippen LogP contribution in [0.15, 0.2) is 18.2 Å². The zero-order valence-corrected chi connectivity index (χ0v) is 23.0. The first-order valence-corrected chi connectivity index (χ1v) is 11.9. The highest BCUT2D eigenvalue weighted by atomic mass is 16.8. The number of carboxylic acid groups (broad SMARTS) is 1. The second kappa shape index (κ2) is 12.3. The lowest BCUT2D eigenvalue weighted by Crippen LogP contribution is -2.52. The van der Waals surface area contributed by atoms with E-state index in [2.05, 4.69) is 0 Å². The van der Waals surface area contributed by atoms with Crippen LogP contribution in [0.25, 0.3) is 0 Å². The van der Waals surface area contributed by atoms with Crippen LogP contribution >= 0.6 is 0 Å². The summed E-state index contributed by atoms with van der Waals surface area (Å²) in [4.78, 5) is 48.5. The van der Waals surface area contributed by atoms with Gasteiger partial charge in [-0.3, -0.25) is 9.59 Å². The van der Waals surface area contributed by atoms with Crippen molar-refractivity contribution >= 4 is 24.2 Å². The van der Waals surface area contributed by atoms with E-state index in [1.54, 1.807) is 62.3 Å². The van der Waals surface area contributed by atoms with Gasteiger partial charge in [0.15, 0.2) is 11.5 Å². The lowest BCUT2D eigenvalue weighted by molar-refractivity contribution is -0.156. The number of carbonyl (C=O) groups is 4. The quantitative estimate of drug-likeness (QED) is 0.263. The van der Waals surface area contributed by atoms with Gasteiger partial charge in [0, 0.05) is 12.8 Å². The van der Waals surface area contributed by atoms with Crippen LogP contribution in [-0.2, 0) is 30.2 Å². The second-order valence-electron chi connectivity index (χ2n) is 11.2. The molecule has 0 aliphatic carbocycles. The van der Waals surface area contributed by atoms with Crippen molar-refractivity contribution < 1.29 is 48.0 Å². The van der Waals surface area contributed by atoms with Gasteiger partial charge < -0.3 is 34.5 Å². The number of esters is 1. The average molecular weight is 526 g/mol. The van der Waals surface area contributed by atoms with Crippen molar-refractivity contribution in [2.24, 2.45) is 11.7 Å². The molecule has 0 aromatic heterocycles. The largest absolute Gasteiger partial charge is 0.514 e. The van der Waals surface area contributed by atoms with Crippen molar-refractivity contribution in [1.82, 2.24) is 0 Å². The van der Waals surface area contributed by atoms with Crippen LogP contribution in [0.3, 0.4) is 0 Å². The molecule has 208 valence electrons. The van der Waals surface area contributed by atoms with Crippen LogP contribution in [0.1, 0.15) is 74.3 Å². The van der Waals surface area contributed by atoms with E-state index in [0.717, 1.165) is 0 Å². The first-order valence-electron chi connectivity index (χ1n) is 11.9. The minimum Gasteiger partial charge on any atom is -0.480 e. The average Bonchev–Trinajstić information content (AvgIpc) is 2.66. The van der Waals surface area contributed by atoms with Gasteiger partial charge in [-0.1, -0.05) is 19.9 Å². The Labute approximate surface area is 217 Å². The standard InChI is InChI=1S/C26H39NO10/c1-15(2)20(28)33-16(3)13-26(27,21(29)30)14-17-10-11-18(34-22(31)36-24(4,5)6)19(12-17)35-23(32)37-25(7,8)9/h10-12,15-16H,13-14,27H2,1-9H3,(H,29,30)/t16-,26?/m0/s1. The molecule has 11 nitrogen and oxygen atoms in total. The van der Waals surface area contributed by atoms with E-state index in [4.69, 9.17) is 29.4 Å². The van der Waals surface area contributed by atoms with E-state index in [0.29, 0.717) is 5.56 Å². The van der Waals surface area contributed by atoms with E-state index >= 15 is 0 Å². The fourth-order valence-electron chi connectivity index (χ4n) is 3.04. The Bertz CT molecular complexity index is 990. The first-order chi connectivity index (χ1) is 16.7. The van der Waals surface area contributed by atoms with Gasteiger partial charge in [0.05, 0.1) is 5.92 Å². The number of hydrogen-bond acceptors (Lipinski definition) is 10. The summed E-state index contributed by atoms with van der Waals surface area (Å²) >= 11 is 0. The van der Waals surface area contributed by atoms with E-state index in [1.165, 1.54) is 18.2 Å². The molecule has 0 amide bonds. The summed E-state index contributed by atoms with van der Waals surface area (Å²) in [5, 5.41) is 9.85. The predicted molar refractivity (Wildman–Crippen MR) is 133 cm³/mol. The normalized spacial score (nSPS) is 14.2. The Hall–Kier alpha value is -3.34. The Morgan fingerprint density at radius 2 is 1.35 bits per heavy atom. The molecule has 37 heavy (non-hydrogen) atoms. The third kappa shape index (κ3) is 11.5. The number of rotatable bonds is 9. The smallest absolute Gasteiger partial charge is 0.480 e. The van der Waals surface area contributed by atoms with Gasteiger partial charge in [0.1, 0.15) is 22.8 Å². The van der Waals surface area contributed by atoms with Crippen LogP contribution in [0.4, 0.5) is 9.59 Å². The molecular weight excluding hydrogens is 486 g/mol. The molecular formula is C26H39NO10. The van der Waals surface area contributed by atoms with E-state index in [9.17, 15) is 24.3 Å². The van der Waals surface area contributed by atoms with Gasteiger partial charge in [-0.2, -0.15) is 0 Å². The molecule has 0 radical (unpaired) electrons. The molecule has 11 heteroatoms. The van der Waals surface area contributed by atoms with Crippen molar-refractivity contribution in [1.29, 1.82) is 0 Å². The van der Waals surface area contributed by atoms with Gasteiger partial charge in [0.2, 0.25) is 0 Å². The number of nitrogens with two attached hydrogens (primary N) is 1. The molecule has 0 saturated heterocycles. The zero-order chi connectivity index (χ0) is 28.8. The Kier molecular flexibility index (Phi) is 10.5. The van der Waals surface area contributed by atoms with Gasteiger partial charge in [0.25, 0.3) is 0 Å². The van der Waals surface area contributed by atoms with Crippen molar-refractivity contribution in [2.75, 3.05) is 0 Å². The van der Waals surface area contributed by atoms with Crippen molar-refractivity contribution in [2.45, 2.75) is 98.0 Å². The summed E-state index contributed by atoms with van der Waals surface area (Å²) in [6, 6.07) is 4.11. The fourth-order valence-corrected chi connectivity index (χ4v) is 3.04. The number of hydrogen-bond donors (Lipinski definition) is 2. The summed E-state index contributed by atoms with van der Waals surface area (Å²) in [5.41, 5.74) is 3.05. The first kappa shape index (κ1) is 31.7. The summed E-state index contributed by atoms with van der Waals surface area (Å²) < 4.78 is 26.1. The van der Waals surface area contributed by atoms with Crippen molar-refractivity contribution in [3.05, 3.63) is 23.8 Å². The summed E-state index contributed by atoms with van der Waals surface area (Å²) in [5.74, 6) is -2.53. The highest BCUT2D eigenvalue weighted by molar-refractivity contribution is 5.79. The Morgan fingerprint density at radius 1 is 0.865 bits per heavy atom. The Balaban J connectivity index is 3.27. The maximum atomic E-state index is 12.3. The molecule has 1 aromatic carbocycles. The zero-order valence-electron chi connectivity index (χ0n) is 23.0. The maximum absolute atomic E-state index is 12.3. The molecule has 0 fully saturated rings. The highest BCUT2D eigenvalue weighted by Crippen LogP contribution is 2.32. The molecule has 0 aliphatic rings. The third-order valence-corrected chi connectivity index (χ3v) is 4.56. The lowest BCUT2D eigenvalue weighted by Gasteiger charge is -2.28. The summed E-state index contributed by atoms with van der Waals surface area (Å²) in [6.45, 7) is 14.8. The summed E-state index contributed by atoms with van der Waals surface area (Å²) in [7, 11) is 0. The van der Waals surface area contributed by atoms with Crippen LogP contribution in [0.5, 0.6) is 11.5 Å². The maximum Gasteiger partial charge on any atom is 0.514 e. The molecule has 1 aromatic rings. The van der Waals surface area contributed by atoms with Crippen LogP contribution in [0.2, 0.25) is 0 Å². The molecule has 2 atom stereocenters. The van der Waals surface area contributed by atoms with E-state index < -0.39 is 47.1 Å². The molecule has 1 rings (SSSR count). The minimum atomic E-state index is -1.83. The topological polar surface area (TPSA) is 161 Å². The molecule has 1 unspecified atom stereocenters. The van der Waals surface area contributed by atoms with Crippen LogP contribution < -0.4 is 15.2 Å². The molecule has 0 saturated carbocycles. The number of benzene rings is 1. The van der Waals surface area contributed by atoms with Crippen molar-refractivity contribution in [3.8, 4) is 11.5 Å². The number of aliphatic carboxylic acids is 1. The van der Waals surface area contributed by atoms with Gasteiger partial charge in [-0.15, -0.1) is 0 Å². The molecule has 0 bridgehead atoms. The van der Waals surface area contributed by atoms with Crippen LogP contribution in [-0.4, -0.2) is 52.2 Å². The lowest BCUT2D eigenvalue weighted by atomic mass is 9.86. The second-order valence-corrected chi connectivity index (χ2v) is 11.2. The highest BCUT2D eigenvalue weighted by Gasteiger charge is 2.37. The molecule has 0 spiro atoms. The number of ether oxygens (including phenoxy) is 5. The third-order valence-electron chi connectivity index (χ3n) is 4.56. The molecule has 0 aliphatic heterocycles. The number of carboxylic acids is 1. The summed E-state index contributed by atoms with van der Waals surface area (Å²) in [6.07, 6.45) is -3.27. The van der Waals surface area contributed by atoms with E-state index in [-0.39, 0.29) is 30.3 Å². The van der Waals surface area contributed by atoms with Crippen molar-refractivity contribution in [3.63, 3.8) is 0 Å².